The Bertz CT molecular complexity index is 1110. The van der Waals surface area contributed by atoms with Crippen molar-refractivity contribution in [1.29, 1.82) is 0 Å². The first-order valence-electron chi connectivity index (χ1n) is 9.76. The molecule has 7 nitrogen and oxygen atoms in total. The van der Waals surface area contributed by atoms with Gasteiger partial charge in [-0.15, -0.1) is 0 Å². The number of carbonyl (C=O) groups is 2. The normalized spacial score (nSPS) is 15.1. The molecule has 9 heteroatoms. The number of rotatable bonds is 7. The number of carbonyl (C=O) groups excluding carboxylic acids is 1. The third kappa shape index (κ3) is 7.77. The molecule has 0 bridgehead atoms. The molecule has 1 saturated heterocycles. The fourth-order valence-corrected chi connectivity index (χ4v) is 4.09. The summed E-state index contributed by atoms with van der Waals surface area (Å²) in [5.41, 5.74) is 3.12. The van der Waals surface area contributed by atoms with E-state index in [1.165, 1.54) is 22.7 Å². The molecule has 1 fully saturated rings. The number of anilines is 1. The summed E-state index contributed by atoms with van der Waals surface area (Å²) in [6.07, 6.45) is 7.02. The predicted octanol–water partition coefficient (Wildman–Crippen LogP) is -0.121. The van der Waals surface area contributed by atoms with Gasteiger partial charge in [-0.05, 0) is 47.5 Å². The molecule has 164 valence electrons. The second-order valence-electron chi connectivity index (χ2n) is 7.23. The van der Waals surface area contributed by atoms with Gasteiger partial charge in [-0.1, -0.05) is 30.3 Å². The van der Waals surface area contributed by atoms with Gasteiger partial charge in [-0.25, -0.2) is 13.2 Å². The first-order chi connectivity index (χ1) is 14.7. The number of nitrogens with zero attached hydrogens (tertiary/aromatic N) is 2. The molecule has 1 heterocycles. The molecule has 0 aromatic heterocycles. The molecule has 32 heavy (non-hydrogen) atoms. The molecule has 0 radical (unpaired) electrons. The fraction of sp³-hybridized carbons (Fsp3) is 0.217. The van der Waals surface area contributed by atoms with Crippen LogP contribution in [-0.2, 0) is 14.8 Å². The van der Waals surface area contributed by atoms with Gasteiger partial charge in [0.15, 0.2) is 5.78 Å². The van der Waals surface area contributed by atoms with Crippen LogP contribution in [0.15, 0.2) is 60.7 Å². The molecular formula is C23H25KN2O5S. The minimum Gasteiger partial charge on any atom is -1.00 e. The minimum absolute atomic E-state index is 0. The third-order valence-corrected chi connectivity index (χ3v) is 6.31. The van der Waals surface area contributed by atoms with Gasteiger partial charge >= 0.3 is 57.4 Å². The summed E-state index contributed by atoms with van der Waals surface area (Å²) in [5, 5.41) is 8.65. The van der Waals surface area contributed by atoms with Crippen LogP contribution in [0.5, 0.6) is 0 Å². The van der Waals surface area contributed by atoms with E-state index in [1.807, 2.05) is 24.3 Å². The maximum absolute atomic E-state index is 12.5. The van der Waals surface area contributed by atoms with Crippen LogP contribution >= 0.6 is 0 Å². The summed E-state index contributed by atoms with van der Waals surface area (Å²) in [6, 6.07) is 14.5. The molecule has 3 rings (SSSR count). The van der Waals surface area contributed by atoms with Gasteiger partial charge in [0.05, 0.1) is 6.26 Å². The van der Waals surface area contributed by atoms with Crippen molar-refractivity contribution in [3.05, 3.63) is 77.4 Å². The van der Waals surface area contributed by atoms with E-state index in [0.29, 0.717) is 31.7 Å². The van der Waals surface area contributed by atoms with Crippen LogP contribution in [0.4, 0.5) is 5.69 Å². The number of allylic oxidation sites excluding steroid dienone is 1. The maximum Gasteiger partial charge on any atom is 1.00 e. The molecular weight excluding hydrogens is 455 g/mol. The van der Waals surface area contributed by atoms with E-state index in [1.54, 1.807) is 30.3 Å². The van der Waals surface area contributed by atoms with Gasteiger partial charge in [0.25, 0.3) is 0 Å². The predicted molar refractivity (Wildman–Crippen MR) is 123 cm³/mol. The van der Waals surface area contributed by atoms with E-state index in [2.05, 4.69) is 4.90 Å². The number of carboxylic acids is 1. The summed E-state index contributed by atoms with van der Waals surface area (Å²) < 4.78 is 24.7. The molecule has 0 unspecified atom stereocenters. The van der Waals surface area contributed by atoms with Crippen LogP contribution in [-0.4, -0.2) is 62.0 Å². The molecule has 2 aromatic carbocycles. The summed E-state index contributed by atoms with van der Waals surface area (Å²) >= 11 is 0. The van der Waals surface area contributed by atoms with E-state index in [-0.39, 0.29) is 58.6 Å². The molecule has 0 aliphatic carbocycles. The van der Waals surface area contributed by atoms with Crippen molar-refractivity contribution in [2.45, 2.75) is 0 Å². The Morgan fingerprint density at radius 2 is 1.38 bits per heavy atom. The number of piperazine rings is 1. The maximum atomic E-state index is 12.5. The van der Waals surface area contributed by atoms with Crippen molar-refractivity contribution < 1.29 is 75.9 Å². The van der Waals surface area contributed by atoms with Crippen LogP contribution in [0.3, 0.4) is 0 Å². The third-order valence-electron chi connectivity index (χ3n) is 5.01. The van der Waals surface area contributed by atoms with Crippen LogP contribution in [0.2, 0.25) is 0 Å². The average Bonchev–Trinajstić information content (AvgIpc) is 2.76. The van der Waals surface area contributed by atoms with Crippen molar-refractivity contribution in [1.82, 2.24) is 4.31 Å². The van der Waals surface area contributed by atoms with Crippen LogP contribution in [0.25, 0.3) is 12.2 Å². The van der Waals surface area contributed by atoms with E-state index < -0.39 is 16.0 Å². The Labute approximate surface area is 232 Å². The molecule has 1 aliphatic rings. The topological polar surface area (TPSA) is 95.0 Å². The van der Waals surface area contributed by atoms with Crippen molar-refractivity contribution >= 4 is 39.6 Å². The molecule has 0 amide bonds. The van der Waals surface area contributed by atoms with Crippen molar-refractivity contribution in [3.63, 3.8) is 0 Å². The molecule has 2 aromatic rings. The largest absolute Gasteiger partial charge is 1.00 e. The summed E-state index contributed by atoms with van der Waals surface area (Å²) in [7, 11) is -3.16. The first-order valence-corrected chi connectivity index (χ1v) is 11.6. The molecule has 0 saturated carbocycles. The minimum atomic E-state index is -3.16. The van der Waals surface area contributed by atoms with Crippen molar-refractivity contribution in [2.75, 3.05) is 37.3 Å². The van der Waals surface area contributed by atoms with Gasteiger partial charge in [0, 0.05) is 43.5 Å². The second kappa shape index (κ2) is 12.0. The van der Waals surface area contributed by atoms with Crippen molar-refractivity contribution in [2.24, 2.45) is 0 Å². The average molecular weight is 481 g/mol. The Balaban J connectivity index is 0.00000272. The number of hydrogen-bond acceptors (Lipinski definition) is 5. The van der Waals surface area contributed by atoms with E-state index >= 15 is 0 Å². The number of sulfonamides is 1. The standard InChI is InChI=1S/C23H24N2O5S.K.H/c1-31(29,30)25-16-14-24(15-17-25)21-10-8-20(9-11-21)22(26)12-6-18-2-4-19(5-3-18)7-13-23(27)28;;/h2-13H,14-17H2,1H3,(H,27,28);;/q;+1;-1/b12-6+,13-7+;;. The van der Waals surface area contributed by atoms with Crippen molar-refractivity contribution in [3.8, 4) is 0 Å². The number of carboxylic acid groups (broad SMARTS) is 1. The summed E-state index contributed by atoms with van der Waals surface area (Å²) in [4.78, 5) is 25.1. The number of aliphatic carboxylic acids is 1. The molecule has 0 atom stereocenters. The van der Waals surface area contributed by atoms with Gasteiger partial charge in [-0.3, -0.25) is 4.79 Å². The Hall–Kier alpha value is -1.59. The van der Waals surface area contributed by atoms with Gasteiger partial charge in [-0.2, -0.15) is 4.31 Å². The zero-order valence-electron chi connectivity index (χ0n) is 19.1. The van der Waals surface area contributed by atoms with E-state index in [4.69, 9.17) is 5.11 Å². The molecule has 0 spiro atoms. The number of hydrogen-bond donors (Lipinski definition) is 1. The zero-order chi connectivity index (χ0) is 22.4. The molecule has 1 aliphatic heterocycles. The Morgan fingerprint density at radius 3 is 1.84 bits per heavy atom. The van der Waals surface area contributed by atoms with Crippen LogP contribution in [0.1, 0.15) is 22.9 Å². The van der Waals surface area contributed by atoms with Crippen LogP contribution in [0, 0.1) is 0 Å². The Morgan fingerprint density at radius 1 is 0.875 bits per heavy atom. The smallest absolute Gasteiger partial charge is 1.00 e. The zero-order valence-corrected chi connectivity index (χ0v) is 22.1. The quantitative estimate of drug-likeness (QED) is 0.337. The summed E-state index contributed by atoms with van der Waals surface area (Å²) in [6.45, 7) is 2.12. The number of benzene rings is 2. The Kier molecular flexibility index (Phi) is 10.0. The van der Waals surface area contributed by atoms with E-state index in [9.17, 15) is 18.0 Å². The van der Waals surface area contributed by atoms with Crippen LogP contribution < -0.4 is 56.3 Å². The monoisotopic (exact) mass is 480 g/mol. The fourth-order valence-electron chi connectivity index (χ4n) is 3.27. The van der Waals surface area contributed by atoms with Gasteiger partial charge in [0.1, 0.15) is 0 Å². The van der Waals surface area contributed by atoms with Gasteiger partial charge in [0.2, 0.25) is 10.0 Å². The second-order valence-corrected chi connectivity index (χ2v) is 9.21. The van der Waals surface area contributed by atoms with E-state index in [0.717, 1.165) is 22.9 Å². The number of ketones is 1. The first kappa shape index (κ1) is 26.7. The molecule has 1 N–H and O–H groups in total. The SMILES string of the molecule is CS(=O)(=O)N1CCN(c2ccc(C(=O)/C=C/c3ccc(/C=C/C(=O)O)cc3)cc2)CC1.[H-].[K+]. The summed E-state index contributed by atoms with van der Waals surface area (Å²) in [5.74, 6) is -1.12. The van der Waals surface area contributed by atoms with Gasteiger partial charge < -0.3 is 11.4 Å².